The van der Waals surface area contributed by atoms with Crippen molar-refractivity contribution in [3.05, 3.63) is 58.0 Å². The van der Waals surface area contributed by atoms with Crippen LogP contribution >= 0.6 is 11.6 Å². The van der Waals surface area contributed by atoms with Gasteiger partial charge in [0.25, 0.3) is 0 Å². The zero-order valence-electron chi connectivity index (χ0n) is 8.74. The summed E-state index contributed by atoms with van der Waals surface area (Å²) in [5, 5.41) is 0.697. The maximum Gasteiger partial charge on any atom is 0.417 e. The van der Waals surface area contributed by atoms with Gasteiger partial charge in [-0.3, -0.25) is 4.98 Å². The number of nitrogens with one attached hydrogen (secondary N) is 1. The minimum Gasteiger partial charge on any atom is -0.408 e. The van der Waals surface area contributed by atoms with Gasteiger partial charge in [-0.15, -0.1) is 0 Å². The maximum absolute atomic E-state index is 11.0. The smallest absolute Gasteiger partial charge is 0.408 e. The normalized spacial score (nSPS) is 10.9. The summed E-state index contributed by atoms with van der Waals surface area (Å²) in [4.78, 5) is 13.6. The molecular formula is C13H8ClNO2. The second-order valence-electron chi connectivity index (χ2n) is 3.73. The molecule has 84 valence electrons. The van der Waals surface area contributed by atoms with E-state index in [0.717, 1.165) is 11.1 Å². The molecule has 0 aliphatic carbocycles. The zero-order chi connectivity index (χ0) is 11.8. The van der Waals surface area contributed by atoms with Crippen molar-refractivity contribution >= 4 is 22.7 Å². The van der Waals surface area contributed by atoms with Crippen LogP contribution in [-0.2, 0) is 0 Å². The van der Waals surface area contributed by atoms with Crippen LogP contribution in [0.5, 0.6) is 0 Å². The quantitative estimate of drug-likeness (QED) is 0.714. The third-order valence-corrected chi connectivity index (χ3v) is 2.85. The summed E-state index contributed by atoms with van der Waals surface area (Å²) in [5.74, 6) is -0.437. The fourth-order valence-electron chi connectivity index (χ4n) is 1.77. The molecule has 0 bridgehead atoms. The van der Waals surface area contributed by atoms with Gasteiger partial charge in [0.2, 0.25) is 0 Å². The van der Waals surface area contributed by atoms with Crippen molar-refractivity contribution < 1.29 is 4.42 Å². The van der Waals surface area contributed by atoms with E-state index < -0.39 is 5.76 Å². The zero-order valence-corrected chi connectivity index (χ0v) is 9.49. The van der Waals surface area contributed by atoms with Gasteiger partial charge in [0, 0.05) is 5.02 Å². The highest BCUT2D eigenvalue weighted by Gasteiger charge is 2.03. The number of hydrogen-bond donors (Lipinski definition) is 1. The molecule has 4 heteroatoms. The number of hydrogen-bond acceptors (Lipinski definition) is 2. The van der Waals surface area contributed by atoms with Gasteiger partial charge in [-0.05, 0) is 35.4 Å². The summed E-state index contributed by atoms with van der Waals surface area (Å²) < 4.78 is 5.02. The molecule has 0 unspecified atom stereocenters. The van der Waals surface area contributed by atoms with E-state index in [1.165, 1.54) is 0 Å². The van der Waals surface area contributed by atoms with Crippen LogP contribution in [0.3, 0.4) is 0 Å². The SMILES string of the molecule is O=c1[nH]c2ccc(-c3ccc(Cl)cc3)cc2o1. The average Bonchev–Trinajstić information content (AvgIpc) is 2.69. The van der Waals surface area contributed by atoms with Crippen LogP contribution in [0, 0.1) is 0 Å². The Kier molecular flexibility index (Phi) is 2.27. The summed E-state index contributed by atoms with van der Waals surface area (Å²) in [6.45, 7) is 0. The molecule has 0 aliphatic rings. The molecule has 0 fully saturated rings. The fraction of sp³-hybridized carbons (Fsp3) is 0. The summed E-state index contributed by atoms with van der Waals surface area (Å²) in [7, 11) is 0. The van der Waals surface area contributed by atoms with E-state index in [9.17, 15) is 4.79 Å². The Morgan fingerprint density at radius 3 is 2.47 bits per heavy atom. The Labute approximate surface area is 102 Å². The number of H-pyrrole nitrogens is 1. The topological polar surface area (TPSA) is 46.0 Å². The van der Waals surface area contributed by atoms with Crippen molar-refractivity contribution in [1.29, 1.82) is 0 Å². The van der Waals surface area contributed by atoms with Crippen molar-refractivity contribution in [2.45, 2.75) is 0 Å². The van der Waals surface area contributed by atoms with Gasteiger partial charge < -0.3 is 4.42 Å². The van der Waals surface area contributed by atoms with Crippen molar-refractivity contribution in [2.24, 2.45) is 0 Å². The largest absolute Gasteiger partial charge is 0.417 e. The van der Waals surface area contributed by atoms with E-state index in [-0.39, 0.29) is 0 Å². The van der Waals surface area contributed by atoms with Gasteiger partial charge in [-0.1, -0.05) is 29.8 Å². The lowest BCUT2D eigenvalue weighted by Crippen LogP contribution is -1.92. The molecule has 3 aromatic rings. The highest BCUT2D eigenvalue weighted by atomic mass is 35.5. The predicted octanol–water partition coefficient (Wildman–Crippen LogP) is 3.44. The van der Waals surface area contributed by atoms with Crippen molar-refractivity contribution in [3.63, 3.8) is 0 Å². The Bertz CT molecular complexity index is 725. The minimum atomic E-state index is -0.437. The number of aromatic amines is 1. The fourth-order valence-corrected chi connectivity index (χ4v) is 1.89. The van der Waals surface area contributed by atoms with Gasteiger partial charge in [-0.2, -0.15) is 0 Å². The number of oxazole rings is 1. The molecule has 0 radical (unpaired) electrons. The van der Waals surface area contributed by atoms with Crippen LogP contribution in [0.25, 0.3) is 22.2 Å². The standard InChI is InChI=1S/C13H8ClNO2/c14-10-4-1-8(2-5-10)9-3-6-11-12(7-9)17-13(16)15-11/h1-7H,(H,15,16). The number of halogens is 1. The lowest BCUT2D eigenvalue weighted by molar-refractivity contribution is 0.555. The molecule has 0 atom stereocenters. The molecule has 0 saturated heterocycles. The summed E-state index contributed by atoms with van der Waals surface area (Å²) >= 11 is 5.83. The van der Waals surface area contributed by atoms with Crippen LogP contribution in [-0.4, -0.2) is 4.98 Å². The monoisotopic (exact) mass is 245 g/mol. The van der Waals surface area contributed by atoms with E-state index in [4.69, 9.17) is 16.0 Å². The second-order valence-corrected chi connectivity index (χ2v) is 4.17. The first-order valence-corrected chi connectivity index (χ1v) is 5.49. The molecule has 3 nitrogen and oxygen atoms in total. The molecule has 1 aromatic heterocycles. The van der Waals surface area contributed by atoms with Gasteiger partial charge in [0.1, 0.15) is 0 Å². The highest BCUT2D eigenvalue weighted by molar-refractivity contribution is 6.30. The van der Waals surface area contributed by atoms with Crippen molar-refractivity contribution in [1.82, 2.24) is 4.98 Å². The lowest BCUT2D eigenvalue weighted by atomic mass is 10.1. The van der Waals surface area contributed by atoms with E-state index in [0.29, 0.717) is 16.1 Å². The van der Waals surface area contributed by atoms with E-state index in [2.05, 4.69) is 4.98 Å². The predicted molar refractivity (Wildman–Crippen MR) is 67.3 cm³/mol. The molecule has 1 heterocycles. The summed E-state index contributed by atoms with van der Waals surface area (Å²) in [6, 6.07) is 13.1. The van der Waals surface area contributed by atoms with Crippen LogP contribution in [0.2, 0.25) is 5.02 Å². The molecule has 17 heavy (non-hydrogen) atoms. The Morgan fingerprint density at radius 1 is 1.00 bits per heavy atom. The molecular weight excluding hydrogens is 238 g/mol. The van der Waals surface area contributed by atoms with Crippen molar-refractivity contribution in [2.75, 3.05) is 0 Å². The third kappa shape index (κ3) is 1.85. The first-order valence-electron chi connectivity index (χ1n) is 5.11. The summed E-state index contributed by atoms with van der Waals surface area (Å²) in [6.07, 6.45) is 0. The molecule has 3 rings (SSSR count). The Morgan fingerprint density at radius 2 is 1.71 bits per heavy atom. The summed E-state index contributed by atoms with van der Waals surface area (Å²) in [5.41, 5.74) is 3.27. The van der Waals surface area contributed by atoms with Crippen molar-refractivity contribution in [3.8, 4) is 11.1 Å². The lowest BCUT2D eigenvalue weighted by Gasteiger charge is -2.01. The van der Waals surface area contributed by atoms with E-state index in [1.54, 1.807) is 0 Å². The van der Waals surface area contributed by atoms with Crippen LogP contribution in [0.4, 0.5) is 0 Å². The van der Waals surface area contributed by atoms with Crippen LogP contribution < -0.4 is 5.76 Å². The first-order chi connectivity index (χ1) is 8.22. The maximum atomic E-state index is 11.0. The number of rotatable bonds is 1. The molecule has 0 amide bonds. The van der Waals surface area contributed by atoms with Gasteiger partial charge in [-0.25, -0.2) is 4.79 Å². The van der Waals surface area contributed by atoms with Gasteiger partial charge >= 0.3 is 5.76 Å². The van der Waals surface area contributed by atoms with Gasteiger partial charge in [0.15, 0.2) is 5.58 Å². The number of aromatic nitrogens is 1. The highest BCUT2D eigenvalue weighted by Crippen LogP contribution is 2.24. The number of fused-ring (bicyclic) bond motifs is 1. The minimum absolute atomic E-state index is 0.437. The Hall–Kier alpha value is -2.00. The number of benzene rings is 2. The van der Waals surface area contributed by atoms with Gasteiger partial charge in [0.05, 0.1) is 5.52 Å². The van der Waals surface area contributed by atoms with E-state index in [1.807, 2.05) is 42.5 Å². The molecule has 0 aliphatic heterocycles. The van der Waals surface area contributed by atoms with E-state index >= 15 is 0 Å². The first kappa shape index (κ1) is 10.2. The van der Waals surface area contributed by atoms with Crippen LogP contribution in [0.15, 0.2) is 51.7 Å². The molecule has 2 aromatic carbocycles. The molecule has 0 spiro atoms. The molecule has 0 saturated carbocycles. The Balaban J connectivity index is 2.17. The second kappa shape index (κ2) is 3.79. The third-order valence-electron chi connectivity index (χ3n) is 2.60. The van der Waals surface area contributed by atoms with Crippen LogP contribution in [0.1, 0.15) is 0 Å². The molecule has 1 N–H and O–H groups in total. The average molecular weight is 246 g/mol.